The van der Waals surface area contributed by atoms with Gasteiger partial charge in [-0.1, -0.05) is 24.3 Å². The number of hydrogen-bond acceptors (Lipinski definition) is 3. The van der Waals surface area contributed by atoms with Gasteiger partial charge in [0.1, 0.15) is 5.75 Å². The highest BCUT2D eigenvalue weighted by atomic mass is 32.1. The fraction of sp³-hybridized carbons (Fsp3) is 0.286. The second-order valence-electron chi connectivity index (χ2n) is 4.00. The molecule has 1 atom stereocenters. The van der Waals surface area contributed by atoms with E-state index in [1.54, 1.807) is 7.11 Å². The van der Waals surface area contributed by atoms with Gasteiger partial charge < -0.3 is 9.84 Å². The van der Waals surface area contributed by atoms with E-state index in [2.05, 4.69) is 19.1 Å². The zero-order valence-corrected chi connectivity index (χ0v) is 10.8. The third kappa shape index (κ3) is 2.68. The second kappa shape index (κ2) is 5.34. The molecular formula is C14H16O2S. The summed E-state index contributed by atoms with van der Waals surface area (Å²) in [6, 6.07) is 10.0. The Morgan fingerprint density at radius 3 is 2.76 bits per heavy atom. The van der Waals surface area contributed by atoms with Gasteiger partial charge in [-0.05, 0) is 29.5 Å². The summed E-state index contributed by atoms with van der Waals surface area (Å²) in [5.41, 5.74) is 2.39. The van der Waals surface area contributed by atoms with E-state index in [0.717, 1.165) is 10.6 Å². The smallest absolute Gasteiger partial charge is 0.135 e. The van der Waals surface area contributed by atoms with Crippen LogP contribution in [0.25, 0.3) is 0 Å². The van der Waals surface area contributed by atoms with E-state index in [1.165, 1.54) is 22.5 Å². The third-order valence-electron chi connectivity index (χ3n) is 2.85. The summed E-state index contributed by atoms with van der Waals surface area (Å²) >= 11 is 1.53. The highest BCUT2D eigenvalue weighted by Crippen LogP contribution is 2.32. The van der Waals surface area contributed by atoms with Crippen molar-refractivity contribution in [2.24, 2.45) is 0 Å². The molecule has 0 aliphatic carbocycles. The largest absolute Gasteiger partial charge is 0.495 e. The van der Waals surface area contributed by atoms with Gasteiger partial charge in [-0.2, -0.15) is 0 Å². The molecule has 0 bridgehead atoms. The number of aliphatic hydroxyl groups excluding tert-OH is 1. The highest BCUT2D eigenvalue weighted by molar-refractivity contribution is 7.10. The van der Waals surface area contributed by atoms with Crippen LogP contribution in [0.5, 0.6) is 5.75 Å². The maximum absolute atomic E-state index is 10.2. The molecule has 1 unspecified atom stereocenters. The second-order valence-corrected chi connectivity index (χ2v) is 4.95. The summed E-state index contributed by atoms with van der Waals surface area (Å²) in [4.78, 5) is 0.899. The molecule has 0 fully saturated rings. The van der Waals surface area contributed by atoms with Gasteiger partial charge in [0.15, 0.2) is 0 Å². The Kier molecular flexibility index (Phi) is 3.82. The molecule has 0 aliphatic rings. The topological polar surface area (TPSA) is 29.5 Å². The lowest BCUT2D eigenvalue weighted by Crippen LogP contribution is -2.02. The SMILES string of the molecule is COc1ccsc1C(O)Cc1ccccc1C. The number of hydrogen-bond donors (Lipinski definition) is 1. The first-order chi connectivity index (χ1) is 8.22. The first kappa shape index (κ1) is 12.1. The van der Waals surface area contributed by atoms with Gasteiger partial charge in [-0.25, -0.2) is 0 Å². The number of ether oxygens (including phenoxy) is 1. The molecule has 0 saturated carbocycles. The molecule has 17 heavy (non-hydrogen) atoms. The number of rotatable bonds is 4. The number of aliphatic hydroxyl groups is 1. The van der Waals surface area contributed by atoms with Crippen molar-refractivity contribution >= 4 is 11.3 Å². The number of aryl methyl sites for hydroxylation is 1. The maximum Gasteiger partial charge on any atom is 0.135 e. The van der Waals surface area contributed by atoms with Gasteiger partial charge in [-0.15, -0.1) is 11.3 Å². The van der Waals surface area contributed by atoms with Gasteiger partial charge in [0.25, 0.3) is 0 Å². The van der Waals surface area contributed by atoms with Crippen molar-refractivity contribution in [3.05, 3.63) is 51.7 Å². The molecule has 1 N–H and O–H groups in total. The molecule has 90 valence electrons. The fourth-order valence-corrected chi connectivity index (χ4v) is 2.71. The van der Waals surface area contributed by atoms with Gasteiger partial charge >= 0.3 is 0 Å². The molecule has 2 aromatic rings. The molecule has 2 nitrogen and oxygen atoms in total. The van der Waals surface area contributed by atoms with E-state index < -0.39 is 6.10 Å². The first-order valence-electron chi connectivity index (χ1n) is 5.56. The van der Waals surface area contributed by atoms with Crippen LogP contribution in [-0.2, 0) is 6.42 Å². The van der Waals surface area contributed by atoms with Gasteiger partial charge in [-0.3, -0.25) is 0 Å². The molecule has 0 aliphatic heterocycles. The number of benzene rings is 1. The Balaban J connectivity index is 2.17. The van der Waals surface area contributed by atoms with E-state index in [1.807, 2.05) is 23.6 Å². The molecule has 1 aromatic heterocycles. The monoisotopic (exact) mass is 248 g/mol. The normalized spacial score (nSPS) is 12.4. The predicted molar refractivity (Wildman–Crippen MR) is 70.7 cm³/mol. The van der Waals surface area contributed by atoms with Crippen LogP contribution < -0.4 is 4.74 Å². The van der Waals surface area contributed by atoms with Crippen LogP contribution in [0.3, 0.4) is 0 Å². The van der Waals surface area contributed by atoms with Crippen LogP contribution in [0.15, 0.2) is 35.7 Å². The summed E-state index contributed by atoms with van der Waals surface area (Å²) < 4.78 is 5.22. The summed E-state index contributed by atoms with van der Waals surface area (Å²) in [6.07, 6.45) is 0.134. The van der Waals surface area contributed by atoms with E-state index in [-0.39, 0.29) is 0 Å². The van der Waals surface area contributed by atoms with E-state index in [0.29, 0.717) is 6.42 Å². The summed E-state index contributed by atoms with van der Waals surface area (Å²) in [7, 11) is 1.63. The molecule has 0 saturated heterocycles. The van der Waals surface area contributed by atoms with Crippen molar-refractivity contribution in [1.29, 1.82) is 0 Å². The van der Waals surface area contributed by atoms with Crippen LogP contribution in [-0.4, -0.2) is 12.2 Å². The number of methoxy groups -OCH3 is 1. The van der Waals surface area contributed by atoms with Crippen molar-refractivity contribution < 1.29 is 9.84 Å². The minimum Gasteiger partial charge on any atom is -0.495 e. The lowest BCUT2D eigenvalue weighted by molar-refractivity contribution is 0.178. The standard InChI is InChI=1S/C14H16O2S/c1-10-5-3-4-6-11(10)9-12(15)14-13(16-2)7-8-17-14/h3-8,12,15H,9H2,1-2H3. The Labute approximate surface area is 105 Å². The Bertz CT molecular complexity index is 490. The Hall–Kier alpha value is -1.32. The average molecular weight is 248 g/mol. The van der Waals surface area contributed by atoms with Crippen molar-refractivity contribution in [2.45, 2.75) is 19.4 Å². The molecular weight excluding hydrogens is 232 g/mol. The average Bonchev–Trinajstić information content (AvgIpc) is 2.80. The summed E-state index contributed by atoms with van der Waals surface area (Å²) in [5.74, 6) is 0.774. The zero-order valence-electron chi connectivity index (χ0n) is 10.0. The molecule has 1 aromatic carbocycles. The molecule has 0 radical (unpaired) electrons. The Morgan fingerprint density at radius 2 is 2.06 bits per heavy atom. The van der Waals surface area contributed by atoms with Crippen LogP contribution in [0.4, 0.5) is 0 Å². The van der Waals surface area contributed by atoms with E-state index in [4.69, 9.17) is 4.74 Å². The lowest BCUT2D eigenvalue weighted by Gasteiger charge is -2.12. The minimum absolute atomic E-state index is 0.494. The quantitative estimate of drug-likeness (QED) is 0.899. The third-order valence-corrected chi connectivity index (χ3v) is 3.85. The van der Waals surface area contributed by atoms with Crippen LogP contribution in [0.1, 0.15) is 22.1 Å². The Morgan fingerprint density at radius 1 is 1.29 bits per heavy atom. The van der Waals surface area contributed by atoms with Gasteiger partial charge in [0.05, 0.1) is 18.1 Å². The molecule has 1 heterocycles. The van der Waals surface area contributed by atoms with Crippen LogP contribution in [0, 0.1) is 6.92 Å². The molecule has 3 heteroatoms. The van der Waals surface area contributed by atoms with Gasteiger partial charge in [0, 0.05) is 6.42 Å². The van der Waals surface area contributed by atoms with Crippen LogP contribution in [0.2, 0.25) is 0 Å². The van der Waals surface area contributed by atoms with Gasteiger partial charge in [0.2, 0.25) is 0 Å². The minimum atomic E-state index is -0.494. The van der Waals surface area contributed by atoms with Crippen molar-refractivity contribution in [2.75, 3.05) is 7.11 Å². The fourth-order valence-electron chi connectivity index (χ4n) is 1.86. The first-order valence-corrected chi connectivity index (χ1v) is 6.44. The molecule has 0 spiro atoms. The molecule has 0 amide bonds. The molecule has 2 rings (SSSR count). The van der Waals surface area contributed by atoms with Crippen LogP contribution >= 0.6 is 11.3 Å². The van der Waals surface area contributed by atoms with Crippen molar-refractivity contribution in [3.8, 4) is 5.75 Å². The maximum atomic E-state index is 10.2. The summed E-state index contributed by atoms with van der Waals surface area (Å²) in [5, 5.41) is 12.2. The highest BCUT2D eigenvalue weighted by Gasteiger charge is 2.15. The predicted octanol–water partition coefficient (Wildman–Crippen LogP) is 3.34. The lowest BCUT2D eigenvalue weighted by atomic mass is 10.0. The number of thiophene rings is 1. The van der Waals surface area contributed by atoms with Crippen molar-refractivity contribution in [1.82, 2.24) is 0 Å². The van der Waals surface area contributed by atoms with E-state index >= 15 is 0 Å². The summed E-state index contributed by atoms with van der Waals surface area (Å²) in [6.45, 7) is 2.06. The zero-order chi connectivity index (χ0) is 12.3. The van der Waals surface area contributed by atoms with E-state index in [9.17, 15) is 5.11 Å². The van der Waals surface area contributed by atoms with Crippen molar-refractivity contribution in [3.63, 3.8) is 0 Å².